The van der Waals surface area contributed by atoms with Crippen molar-refractivity contribution in [2.45, 2.75) is 12.5 Å². The number of nitrogen functional groups attached to an aromatic ring is 1. The molecule has 0 saturated carbocycles. The van der Waals surface area contributed by atoms with Crippen LogP contribution >= 0.6 is 0 Å². The summed E-state index contributed by atoms with van der Waals surface area (Å²) in [6.07, 6.45) is 6.72. The van der Waals surface area contributed by atoms with Crippen LogP contribution in [0.3, 0.4) is 0 Å². The molecule has 1 fully saturated rings. The molecule has 3 N–H and O–H groups in total. The van der Waals surface area contributed by atoms with Crippen LogP contribution in [0.2, 0.25) is 0 Å². The summed E-state index contributed by atoms with van der Waals surface area (Å²) < 4.78 is 5.48. The first-order valence-electron chi connectivity index (χ1n) is 7.59. The fourth-order valence-electron chi connectivity index (χ4n) is 3.17. The number of anilines is 2. The second-order valence-corrected chi connectivity index (χ2v) is 5.65. The van der Waals surface area contributed by atoms with Crippen LogP contribution in [0.25, 0.3) is 22.3 Å². The standard InChI is InChI=1S/C16H18N6O/c1-23-10-4-7-22(9-10)13-3-6-18-15-14(13)11(8-20-15)12-2-5-19-16(17)21-12/h2-3,5-6,8,10H,4,7,9H2,1H3,(H,18,20)(H2,17,19,21). The predicted octanol–water partition coefficient (Wildman–Crippen LogP) is 1.83. The van der Waals surface area contributed by atoms with Crippen molar-refractivity contribution in [3.8, 4) is 11.3 Å². The van der Waals surface area contributed by atoms with Gasteiger partial charge in [0.1, 0.15) is 5.65 Å². The quantitative estimate of drug-likeness (QED) is 0.766. The third-order valence-corrected chi connectivity index (χ3v) is 4.32. The number of H-pyrrole nitrogens is 1. The molecule has 0 bridgehead atoms. The van der Waals surface area contributed by atoms with E-state index in [0.29, 0.717) is 0 Å². The summed E-state index contributed by atoms with van der Waals surface area (Å²) in [6.45, 7) is 1.85. The SMILES string of the molecule is COC1CCN(c2ccnc3[nH]cc(-c4ccnc(N)n4)c23)C1. The summed E-state index contributed by atoms with van der Waals surface area (Å²) in [5.41, 5.74) is 9.49. The highest BCUT2D eigenvalue weighted by atomic mass is 16.5. The van der Waals surface area contributed by atoms with Gasteiger partial charge in [0.05, 0.1) is 22.9 Å². The van der Waals surface area contributed by atoms with E-state index in [4.69, 9.17) is 10.5 Å². The monoisotopic (exact) mass is 310 g/mol. The molecule has 0 amide bonds. The number of nitrogens with two attached hydrogens (primary N) is 1. The molecule has 0 aromatic carbocycles. The van der Waals surface area contributed by atoms with E-state index in [9.17, 15) is 0 Å². The molecule has 1 unspecified atom stereocenters. The largest absolute Gasteiger partial charge is 0.380 e. The van der Waals surface area contributed by atoms with E-state index in [1.807, 2.05) is 24.5 Å². The number of fused-ring (bicyclic) bond motifs is 1. The van der Waals surface area contributed by atoms with Crippen molar-refractivity contribution in [1.82, 2.24) is 19.9 Å². The van der Waals surface area contributed by atoms with E-state index < -0.39 is 0 Å². The number of ether oxygens (including phenoxy) is 1. The summed E-state index contributed by atoms with van der Waals surface area (Å²) >= 11 is 0. The molecule has 3 aromatic heterocycles. The smallest absolute Gasteiger partial charge is 0.220 e. The van der Waals surface area contributed by atoms with Crippen molar-refractivity contribution in [3.05, 3.63) is 30.7 Å². The number of hydrogen-bond donors (Lipinski definition) is 2. The summed E-state index contributed by atoms with van der Waals surface area (Å²) in [6, 6.07) is 3.90. The van der Waals surface area contributed by atoms with E-state index in [0.717, 1.165) is 47.5 Å². The number of pyridine rings is 1. The average molecular weight is 310 g/mol. The highest BCUT2D eigenvalue weighted by Gasteiger charge is 2.25. The number of nitrogens with one attached hydrogen (secondary N) is 1. The van der Waals surface area contributed by atoms with Gasteiger partial charge in [-0.25, -0.2) is 15.0 Å². The van der Waals surface area contributed by atoms with Crippen LogP contribution in [-0.2, 0) is 4.74 Å². The Morgan fingerprint density at radius 2 is 2.17 bits per heavy atom. The van der Waals surface area contributed by atoms with Crippen LogP contribution in [0.5, 0.6) is 0 Å². The zero-order chi connectivity index (χ0) is 15.8. The number of rotatable bonds is 3. The lowest BCUT2D eigenvalue weighted by Crippen LogP contribution is -2.22. The van der Waals surface area contributed by atoms with E-state index in [1.54, 1.807) is 13.3 Å². The van der Waals surface area contributed by atoms with Gasteiger partial charge in [-0.3, -0.25) is 0 Å². The summed E-state index contributed by atoms with van der Waals surface area (Å²) in [4.78, 5) is 18.3. The van der Waals surface area contributed by atoms with Crippen LogP contribution in [0, 0.1) is 0 Å². The first-order valence-corrected chi connectivity index (χ1v) is 7.59. The zero-order valence-corrected chi connectivity index (χ0v) is 12.9. The average Bonchev–Trinajstić information content (AvgIpc) is 3.21. The van der Waals surface area contributed by atoms with E-state index >= 15 is 0 Å². The maximum absolute atomic E-state index is 5.73. The summed E-state index contributed by atoms with van der Waals surface area (Å²) in [7, 11) is 1.77. The van der Waals surface area contributed by atoms with Crippen molar-refractivity contribution in [3.63, 3.8) is 0 Å². The molecular weight excluding hydrogens is 292 g/mol. The van der Waals surface area contributed by atoms with Crippen LogP contribution in [-0.4, -0.2) is 46.2 Å². The van der Waals surface area contributed by atoms with E-state index in [-0.39, 0.29) is 12.1 Å². The van der Waals surface area contributed by atoms with Crippen LogP contribution in [0.4, 0.5) is 11.6 Å². The minimum Gasteiger partial charge on any atom is -0.380 e. The van der Waals surface area contributed by atoms with Gasteiger partial charge in [0.15, 0.2) is 0 Å². The summed E-state index contributed by atoms with van der Waals surface area (Å²) in [5, 5.41) is 1.06. The summed E-state index contributed by atoms with van der Waals surface area (Å²) in [5.74, 6) is 0.267. The molecule has 3 aromatic rings. The second-order valence-electron chi connectivity index (χ2n) is 5.65. The molecule has 7 nitrogen and oxygen atoms in total. The third kappa shape index (κ3) is 2.39. The Morgan fingerprint density at radius 1 is 1.30 bits per heavy atom. The fraction of sp³-hybridized carbons (Fsp3) is 0.312. The number of methoxy groups -OCH3 is 1. The molecule has 4 rings (SSSR count). The van der Waals surface area contributed by atoms with Crippen LogP contribution in [0.15, 0.2) is 30.7 Å². The first kappa shape index (κ1) is 14.0. The number of hydrogen-bond acceptors (Lipinski definition) is 6. The Kier molecular flexibility index (Phi) is 3.34. The molecule has 4 heterocycles. The predicted molar refractivity (Wildman–Crippen MR) is 89.2 cm³/mol. The molecule has 1 aliphatic rings. The lowest BCUT2D eigenvalue weighted by Gasteiger charge is -2.19. The molecule has 0 radical (unpaired) electrons. The van der Waals surface area contributed by atoms with Crippen LogP contribution in [0.1, 0.15) is 6.42 Å². The molecule has 23 heavy (non-hydrogen) atoms. The Labute approximate surface area is 133 Å². The highest BCUT2D eigenvalue weighted by Crippen LogP contribution is 2.35. The number of aromatic nitrogens is 4. The van der Waals surface area contributed by atoms with Crippen molar-refractivity contribution < 1.29 is 4.74 Å². The maximum Gasteiger partial charge on any atom is 0.220 e. The molecule has 118 valence electrons. The molecule has 7 heteroatoms. The Hall–Kier alpha value is -2.67. The van der Waals surface area contributed by atoms with Gasteiger partial charge in [-0.2, -0.15) is 0 Å². The molecule has 0 aliphatic carbocycles. The third-order valence-electron chi connectivity index (χ3n) is 4.32. The van der Waals surface area contributed by atoms with Crippen LogP contribution < -0.4 is 10.6 Å². The maximum atomic E-state index is 5.73. The van der Waals surface area contributed by atoms with Gasteiger partial charge in [0.25, 0.3) is 0 Å². The van der Waals surface area contributed by atoms with E-state index in [2.05, 4.69) is 24.8 Å². The second kappa shape index (κ2) is 5.51. The number of aromatic amines is 1. The molecule has 0 spiro atoms. The molecule has 1 saturated heterocycles. The van der Waals surface area contributed by atoms with E-state index in [1.165, 1.54) is 0 Å². The first-order chi connectivity index (χ1) is 11.3. The van der Waals surface area contributed by atoms with Gasteiger partial charge in [0, 0.05) is 44.4 Å². The fourth-order valence-corrected chi connectivity index (χ4v) is 3.17. The zero-order valence-electron chi connectivity index (χ0n) is 12.9. The van der Waals surface area contributed by atoms with Gasteiger partial charge in [0.2, 0.25) is 5.95 Å². The van der Waals surface area contributed by atoms with Gasteiger partial charge in [-0.05, 0) is 18.6 Å². The molecule has 1 atom stereocenters. The van der Waals surface area contributed by atoms with Crippen molar-refractivity contribution in [2.24, 2.45) is 0 Å². The minimum atomic E-state index is 0.267. The lowest BCUT2D eigenvalue weighted by molar-refractivity contribution is 0.121. The normalized spacial score (nSPS) is 18.0. The van der Waals surface area contributed by atoms with Crippen molar-refractivity contribution >= 4 is 22.7 Å². The van der Waals surface area contributed by atoms with Crippen molar-refractivity contribution in [2.75, 3.05) is 30.8 Å². The molecule has 1 aliphatic heterocycles. The molecular formula is C16H18N6O. The topological polar surface area (TPSA) is 93.0 Å². The Bertz CT molecular complexity index is 845. The van der Waals surface area contributed by atoms with Gasteiger partial charge < -0.3 is 20.4 Å². The Morgan fingerprint density at radius 3 is 2.96 bits per heavy atom. The van der Waals surface area contributed by atoms with Crippen molar-refractivity contribution in [1.29, 1.82) is 0 Å². The van der Waals surface area contributed by atoms with Gasteiger partial charge in [-0.15, -0.1) is 0 Å². The Balaban J connectivity index is 1.84. The highest BCUT2D eigenvalue weighted by molar-refractivity contribution is 6.02. The lowest BCUT2D eigenvalue weighted by atomic mass is 10.1. The van der Waals surface area contributed by atoms with Gasteiger partial charge in [-0.1, -0.05) is 0 Å². The minimum absolute atomic E-state index is 0.267. The number of nitrogens with zero attached hydrogens (tertiary/aromatic N) is 4. The van der Waals surface area contributed by atoms with Gasteiger partial charge >= 0.3 is 0 Å².